The Labute approximate surface area is 273 Å². The van der Waals surface area contributed by atoms with Gasteiger partial charge in [-0.3, -0.25) is 0 Å². The molecule has 0 fully saturated rings. The van der Waals surface area contributed by atoms with E-state index in [4.69, 9.17) is 0 Å². The smallest absolute Gasteiger partial charge is 0.0654 e. The van der Waals surface area contributed by atoms with Crippen molar-refractivity contribution in [3.05, 3.63) is 0 Å². The minimum Gasteiger partial charge on any atom is -0.0654 e. The predicted octanol–water partition coefficient (Wildman–Crippen LogP) is 15.6. The molecule has 0 aromatic heterocycles. The average molecular weight is 682 g/mol. The summed E-state index contributed by atoms with van der Waals surface area (Å²) in [6.45, 7) is 4.62. The second kappa shape index (κ2) is 40.8. The molecule has 0 unspecified atom stereocenters. The molecule has 0 heterocycles. The molecule has 0 aromatic carbocycles. The number of rotatable bonds is 38. The first-order chi connectivity index (χ1) is 20.4. The third-order valence-corrected chi connectivity index (χ3v) is 13.5. The molecule has 244 valence electrons. The van der Waals surface area contributed by atoms with Crippen molar-refractivity contribution in [2.24, 2.45) is 0 Å². The first-order valence-corrected chi connectivity index (χ1v) is 24.2. The second-order valence-corrected chi connectivity index (χ2v) is 18.1. The standard InChI is InChI=1S/2C20H41.Sn/c2*1-3-5-7-9-11-13-15-17-19-20-18-16-14-12-10-8-6-4-2;/h2*1,3-20H2,2H3;/q;;+2. The summed E-state index contributed by atoms with van der Waals surface area (Å²) >= 11 is 0.00387. The van der Waals surface area contributed by atoms with Gasteiger partial charge in [0.1, 0.15) is 0 Å². The van der Waals surface area contributed by atoms with Crippen LogP contribution in [0, 0.1) is 0 Å². The van der Waals surface area contributed by atoms with Crippen LogP contribution in [0.4, 0.5) is 0 Å². The van der Waals surface area contributed by atoms with Crippen LogP contribution in [0.5, 0.6) is 0 Å². The molecule has 0 aliphatic rings. The first-order valence-electron chi connectivity index (χ1n) is 20.1. The summed E-state index contributed by atoms with van der Waals surface area (Å²) in [5.41, 5.74) is 0. The van der Waals surface area contributed by atoms with Gasteiger partial charge >= 0.3 is 171 Å². The van der Waals surface area contributed by atoms with Crippen LogP contribution in [-0.2, 0) is 0 Å². The van der Waals surface area contributed by atoms with E-state index in [1.165, 1.54) is 205 Å². The molecule has 41 heavy (non-hydrogen) atoms. The van der Waals surface area contributed by atoms with Crippen molar-refractivity contribution in [3.63, 3.8) is 0 Å². The van der Waals surface area contributed by atoms with Crippen molar-refractivity contribution in [1.29, 1.82) is 0 Å². The van der Waals surface area contributed by atoms with Gasteiger partial charge in [-0.15, -0.1) is 0 Å². The Morgan fingerprint density at radius 1 is 0.195 bits per heavy atom. The number of hydrogen-bond acceptors (Lipinski definition) is 0. The van der Waals surface area contributed by atoms with Crippen LogP contribution in [0.1, 0.15) is 245 Å². The van der Waals surface area contributed by atoms with Gasteiger partial charge in [-0.25, -0.2) is 0 Å². The van der Waals surface area contributed by atoms with Crippen molar-refractivity contribution in [1.82, 2.24) is 0 Å². The van der Waals surface area contributed by atoms with E-state index in [2.05, 4.69) is 13.8 Å². The third kappa shape index (κ3) is 40.8. The van der Waals surface area contributed by atoms with E-state index in [0.717, 1.165) is 0 Å². The fourth-order valence-corrected chi connectivity index (χ4v) is 10.00. The van der Waals surface area contributed by atoms with Crippen LogP contribution in [-0.4, -0.2) is 21.1 Å². The minimum absolute atomic E-state index is 0.00387. The zero-order valence-electron chi connectivity index (χ0n) is 29.4. The molecule has 0 aliphatic carbocycles. The van der Waals surface area contributed by atoms with E-state index in [1.807, 2.05) is 0 Å². The predicted molar refractivity (Wildman–Crippen MR) is 193 cm³/mol. The molecule has 0 radical (unpaired) electrons. The van der Waals surface area contributed by atoms with Gasteiger partial charge in [-0.1, -0.05) is 104 Å². The van der Waals surface area contributed by atoms with E-state index in [1.54, 1.807) is 34.6 Å². The van der Waals surface area contributed by atoms with E-state index < -0.39 is 0 Å². The molecule has 0 aromatic rings. The molecule has 0 N–H and O–H groups in total. The van der Waals surface area contributed by atoms with Gasteiger partial charge in [0, 0.05) is 0 Å². The SMILES string of the molecule is CCCCCCCCCCCCCCCCCCC[CH2][Sn+2][CH2]CCCCCCCCCCCCCCCCCCC. The Balaban J connectivity index is 3.02. The van der Waals surface area contributed by atoms with Crippen molar-refractivity contribution >= 4 is 21.1 Å². The molecule has 0 amide bonds. The number of unbranched alkanes of at least 4 members (excludes halogenated alkanes) is 34. The Morgan fingerprint density at radius 3 is 0.512 bits per heavy atom. The fraction of sp³-hybridized carbons (Fsp3) is 1.00. The molecule has 0 atom stereocenters. The van der Waals surface area contributed by atoms with Crippen molar-refractivity contribution in [2.45, 2.75) is 254 Å². The fourth-order valence-electron chi connectivity index (χ4n) is 6.43. The maximum absolute atomic E-state index is 2.31. The summed E-state index contributed by atoms with van der Waals surface area (Å²) in [6, 6.07) is 0. The normalized spacial score (nSPS) is 11.4. The van der Waals surface area contributed by atoms with Gasteiger partial charge < -0.3 is 0 Å². The molecular formula is C40H82Sn+2. The maximum atomic E-state index is 2.31. The zero-order chi connectivity index (χ0) is 29.6. The molecule has 0 spiro atoms. The van der Waals surface area contributed by atoms with E-state index in [9.17, 15) is 0 Å². The van der Waals surface area contributed by atoms with Gasteiger partial charge in [-0.05, 0) is 0 Å². The van der Waals surface area contributed by atoms with Crippen LogP contribution < -0.4 is 0 Å². The van der Waals surface area contributed by atoms with Crippen LogP contribution in [0.15, 0.2) is 0 Å². The van der Waals surface area contributed by atoms with Gasteiger partial charge in [0.2, 0.25) is 0 Å². The first kappa shape index (κ1) is 41.8. The van der Waals surface area contributed by atoms with Crippen molar-refractivity contribution < 1.29 is 0 Å². The van der Waals surface area contributed by atoms with Crippen molar-refractivity contribution in [2.75, 3.05) is 0 Å². The molecule has 0 saturated carbocycles. The van der Waals surface area contributed by atoms with Crippen LogP contribution in [0.2, 0.25) is 8.87 Å². The van der Waals surface area contributed by atoms with Gasteiger partial charge in [0.05, 0.1) is 0 Å². The Hall–Kier alpha value is 0.799. The summed E-state index contributed by atoms with van der Waals surface area (Å²) in [6.07, 6.45) is 53.9. The molecule has 0 rings (SSSR count). The summed E-state index contributed by atoms with van der Waals surface area (Å²) in [7, 11) is 0. The summed E-state index contributed by atoms with van der Waals surface area (Å²) in [4.78, 5) is 0. The Kier molecular flexibility index (Phi) is 41.6. The Bertz CT molecular complexity index is 381. The molecule has 0 saturated heterocycles. The summed E-state index contributed by atoms with van der Waals surface area (Å²) in [5.74, 6) is 0. The zero-order valence-corrected chi connectivity index (χ0v) is 32.2. The molecule has 0 nitrogen and oxygen atoms in total. The minimum atomic E-state index is 0.00387. The molecule has 0 bridgehead atoms. The topological polar surface area (TPSA) is 0 Å². The molecule has 0 aliphatic heterocycles. The second-order valence-electron chi connectivity index (χ2n) is 13.8. The van der Waals surface area contributed by atoms with Crippen LogP contribution in [0.25, 0.3) is 0 Å². The number of hydrogen-bond donors (Lipinski definition) is 0. The summed E-state index contributed by atoms with van der Waals surface area (Å²) in [5, 5.41) is 0. The molecule has 1 heteroatoms. The van der Waals surface area contributed by atoms with E-state index in [-0.39, 0.29) is 21.1 Å². The van der Waals surface area contributed by atoms with E-state index >= 15 is 0 Å². The van der Waals surface area contributed by atoms with Gasteiger partial charge in [0.25, 0.3) is 0 Å². The monoisotopic (exact) mass is 683 g/mol. The van der Waals surface area contributed by atoms with Gasteiger partial charge in [0.15, 0.2) is 0 Å². The molecular weight excluding hydrogens is 599 g/mol. The Morgan fingerprint density at radius 2 is 0.341 bits per heavy atom. The van der Waals surface area contributed by atoms with Crippen molar-refractivity contribution in [3.8, 4) is 0 Å². The third-order valence-electron chi connectivity index (χ3n) is 9.41. The summed E-state index contributed by atoms with van der Waals surface area (Å²) < 4.78 is 3.34. The quantitative estimate of drug-likeness (QED) is 0.0449. The van der Waals surface area contributed by atoms with Crippen LogP contribution >= 0.6 is 0 Å². The van der Waals surface area contributed by atoms with E-state index in [0.29, 0.717) is 0 Å². The van der Waals surface area contributed by atoms with Gasteiger partial charge in [-0.2, -0.15) is 0 Å². The average Bonchev–Trinajstić information content (AvgIpc) is 2.98. The van der Waals surface area contributed by atoms with Crippen LogP contribution in [0.3, 0.4) is 0 Å².